The Morgan fingerprint density at radius 1 is 1.53 bits per heavy atom. The molecule has 0 bridgehead atoms. The van der Waals surface area contributed by atoms with Crippen LogP contribution < -0.4 is 5.32 Å². The summed E-state index contributed by atoms with van der Waals surface area (Å²) >= 11 is 14.7. The third-order valence-corrected chi connectivity index (χ3v) is 4.90. The smallest absolute Gasteiger partial charge is 0.257 e. The van der Waals surface area contributed by atoms with Crippen LogP contribution in [0.4, 0.5) is 0 Å². The summed E-state index contributed by atoms with van der Waals surface area (Å²) in [7, 11) is 0. The van der Waals surface area contributed by atoms with Crippen LogP contribution in [0.2, 0.25) is 0 Å². The van der Waals surface area contributed by atoms with Crippen molar-refractivity contribution in [3.63, 3.8) is 0 Å². The van der Waals surface area contributed by atoms with Crippen LogP contribution in [0.1, 0.15) is 34.3 Å². The fourth-order valence-corrected chi connectivity index (χ4v) is 2.91. The van der Waals surface area contributed by atoms with Crippen molar-refractivity contribution in [1.29, 1.82) is 0 Å². The number of benzene rings is 1. The molecule has 0 aromatic heterocycles. The lowest BCUT2D eigenvalue weighted by atomic mass is 9.91. The molecule has 0 spiro atoms. The molecule has 90 valence electrons. The number of halogens is 2. The molecule has 1 aromatic rings. The first-order valence-corrected chi connectivity index (χ1v) is 7.21. The first kappa shape index (κ1) is 13.0. The van der Waals surface area contributed by atoms with E-state index in [-0.39, 0.29) is 17.2 Å². The molecule has 2 rings (SSSR count). The first-order valence-electron chi connectivity index (χ1n) is 5.25. The number of nitrogens with one attached hydrogen (secondary N) is 1. The van der Waals surface area contributed by atoms with Crippen LogP contribution in [0.25, 0.3) is 0 Å². The number of carbonyl (C=O) groups excluding carboxylic acids is 1. The fourth-order valence-electron chi connectivity index (χ4n) is 1.95. The Bertz CT molecular complexity index is 491. The average molecular weight is 333 g/mol. The highest BCUT2D eigenvalue weighted by molar-refractivity contribution is 9.09. The van der Waals surface area contributed by atoms with Crippen molar-refractivity contribution in [2.45, 2.75) is 18.2 Å². The van der Waals surface area contributed by atoms with E-state index in [9.17, 15) is 4.79 Å². The van der Waals surface area contributed by atoms with Crippen LogP contribution in [-0.2, 0) is 0 Å². The number of amides is 1. The minimum absolute atomic E-state index is 0.0523. The molecule has 5 heteroatoms. The molecule has 1 aliphatic rings. The van der Waals surface area contributed by atoms with Gasteiger partial charge in [0.1, 0.15) is 4.99 Å². The predicted octanol–water partition coefficient (Wildman–Crippen LogP) is 3.21. The molecule has 0 saturated heterocycles. The molecule has 1 aromatic carbocycles. The Morgan fingerprint density at radius 2 is 2.24 bits per heavy atom. The van der Waals surface area contributed by atoms with Crippen LogP contribution in [0.5, 0.6) is 0 Å². The van der Waals surface area contributed by atoms with Gasteiger partial charge < -0.3 is 5.32 Å². The standard InChI is InChI=1S/C12H11BrClNOS/c1-6(9(14)5-13)7-3-2-4-8-10(7)11(16)15-12(8)17/h2-4,6,9H,5H2,1H3,(H,15,16,17). The monoisotopic (exact) mass is 331 g/mol. The van der Waals surface area contributed by atoms with Gasteiger partial charge in [0.05, 0.1) is 5.56 Å². The summed E-state index contributed by atoms with van der Waals surface area (Å²) in [6, 6.07) is 5.72. The number of fused-ring (bicyclic) bond motifs is 1. The molecule has 0 aliphatic carbocycles. The molecule has 1 aliphatic heterocycles. The van der Waals surface area contributed by atoms with Gasteiger partial charge >= 0.3 is 0 Å². The maximum absolute atomic E-state index is 11.9. The van der Waals surface area contributed by atoms with E-state index in [0.717, 1.165) is 11.1 Å². The Morgan fingerprint density at radius 3 is 2.88 bits per heavy atom. The molecule has 1 amide bonds. The summed E-state index contributed by atoms with van der Waals surface area (Å²) in [5.74, 6) is -0.0245. The summed E-state index contributed by atoms with van der Waals surface area (Å²) in [6.07, 6.45) is 0. The third-order valence-electron chi connectivity index (χ3n) is 2.98. The first-order chi connectivity index (χ1) is 8.06. The maximum atomic E-state index is 11.9. The quantitative estimate of drug-likeness (QED) is 0.680. The van der Waals surface area contributed by atoms with Crippen LogP contribution >= 0.6 is 39.7 Å². The summed E-state index contributed by atoms with van der Waals surface area (Å²) in [5.41, 5.74) is 2.45. The normalized spacial score (nSPS) is 17.6. The number of hydrogen-bond donors (Lipinski definition) is 1. The van der Waals surface area contributed by atoms with Crippen LogP contribution in [0, 0.1) is 0 Å². The van der Waals surface area contributed by atoms with Gasteiger partial charge in [-0.3, -0.25) is 4.79 Å². The zero-order valence-electron chi connectivity index (χ0n) is 9.17. The second-order valence-corrected chi connectivity index (χ2v) is 5.63. The Hall–Kier alpha value is -0.450. The number of rotatable bonds is 3. The molecule has 2 nitrogen and oxygen atoms in total. The van der Waals surface area contributed by atoms with Crippen LogP contribution in [-0.4, -0.2) is 21.6 Å². The van der Waals surface area contributed by atoms with Gasteiger partial charge in [-0.15, -0.1) is 11.6 Å². The van der Waals surface area contributed by atoms with Gasteiger partial charge in [-0.1, -0.05) is 53.3 Å². The molecule has 17 heavy (non-hydrogen) atoms. The molecule has 1 heterocycles. The lowest BCUT2D eigenvalue weighted by molar-refractivity contribution is 0.0982. The fraction of sp³-hybridized carbons (Fsp3) is 0.333. The lowest BCUT2D eigenvalue weighted by Crippen LogP contribution is -2.20. The van der Waals surface area contributed by atoms with E-state index in [1.807, 2.05) is 25.1 Å². The summed E-state index contributed by atoms with van der Waals surface area (Å²) in [6.45, 7) is 2.02. The van der Waals surface area contributed by atoms with Gasteiger partial charge in [-0.2, -0.15) is 0 Å². The second kappa shape index (κ2) is 5.04. The van der Waals surface area contributed by atoms with Crippen molar-refractivity contribution in [2.24, 2.45) is 0 Å². The summed E-state index contributed by atoms with van der Waals surface area (Å²) < 4.78 is 0. The minimum atomic E-state index is -0.120. The highest BCUT2D eigenvalue weighted by atomic mass is 79.9. The van der Waals surface area contributed by atoms with Gasteiger partial charge in [0.2, 0.25) is 0 Å². The zero-order chi connectivity index (χ0) is 12.6. The number of alkyl halides is 2. The molecule has 2 atom stereocenters. The van der Waals surface area contributed by atoms with Crippen molar-refractivity contribution < 1.29 is 4.79 Å². The van der Waals surface area contributed by atoms with Gasteiger partial charge in [0, 0.05) is 16.3 Å². The molecule has 0 saturated carbocycles. The number of carbonyl (C=O) groups is 1. The van der Waals surface area contributed by atoms with Crippen molar-refractivity contribution in [3.05, 3.63) is 34.9 Å². The van der Waals surface area contributed by atoms with Gasteiger partial charge in [-0.25, -0.2) is 0 Å². The molecular weight excluding hydrogens is 322 g/mol. The van der Waals surface area contributed by atoms with Crippen LogP contribution in [0.3, 0.4) is 0 Å². The highest BCUT2D eigenvalue weighted by Crippen LogP contribution is 2.31. The molecule has 2 unspecified atom stereocenters. The molecule has 1 N–H and O–H groups in total. The minimum Gasteiger partial charge on any atom is -0.312 e. The van der Waals surface area contributed by atoms with Gasteiger partial charge in [-0.05, 0) is 11.5 Å². The van der Waals surface area contributed by atoms with Crippen molar-refractivity contribution in [1.82, 2.24) is 5.32 Å². The summed E-state index contributed by atoms with van der Waals surface area (Å²) in [5, 5.41) is 3.31. The molecule has 0 fully saturated rings. The third kappa shape index (κ3) is 2.26. The highest BCUT2D eigenvalue weighted by Gasteiger charge is 2.29. The Kier molecular flexibility index (Phi) is 3.85. The van der Waals surface area contributed by atoms with Crippen molar-refractivity contribution in [3.8, 4) is 0 Å². The van der Waals surface area contributed by atoms with E-state index in [1.165, 1.54) is 0 Å². The van der Waals surface area contributed by atoms with E-state index in [4.69, 9.17) is 23.8 Å². The number of hydrogen-bond acceptors (Lipinski definition) is 2. The Labute approximate surface area is 119 Å². The van der Waals surface area contributed by atoms with E-state index in [0.29, 0.717) is 15.9 Å². The van der Waals surface area contributed by atoms with Crippen molar-refractivity contribution >= 4 is 50.6 Å². The SMILES string of the molecule is CC(c1cccc2c1C(=O)NC2=S)C(Cl)CBr. The van der Waals surface area contributed by atoms with Crippen LogP contribution in [0.15, 0.2) is 18.2 Å². The summed E-state index contributed by atoms with van der Waals surface area (Å²) in [4.78, 5) is 12.4. The van der Waals surface area contributed by atoms with Crippen molar-refractivity contribution in [2.75, 3.05) is 5.33 Å². The molecule has 0 radical (unpaired) electrons. The number of thiocarbonyl (C=S) groups is 1. The van der Waals surface area contributed by atoms with Gasteiger partial charge in [0.25, 0.3) is 5.91 Å². The average Bonchev–Trinajstić information content (AvgIpc) is 2.63. The van der Waals surface area contributed by atoms with E-state index >= 15 is 0 Å². The van der Waals surface area contributed by atoms with E-state index in [1.54, 1.807) is 0 Å². The lowest BCUT2D eigenvalue weighted by Gasteiger charge is -2.18. The van der Waals surface area contributed by atoms with E-state index in [2.05, 4.69) is 21.2 Å². The van der Waals surface area contributed by atoms with Gasteiger partial charge in [0.15, 0.2) is 0 Å². The molecular formula is C12H11BrClNOS. The predicted molar refractivity (Wildman–Crippen MR) is 77.5 cm³/mol. The maximum Gasteiger partial charge on any atom is 0.257 e. The van der Waals surface area contributed by atoms with E-state index < -0.39 is 0 Å². The topological polar surface area (TPSA) is 29.1 Å². The largest absolute Gasteiger partial charge is 0.312 e. The zero-order valence-corrected chi connectivity index (χ0v) is 12.3. The Balaban J connectivity index is 2.50. The second-order valence-electron chi connectivity index (χ2n) is 4.01.